The summed E-state index contributed by atoms with van der Waals surface area (Å²) in [6.07, 6.45) is 3.85. The van der Waals surface area contributed by atoms with Crippen LogP contribution in [0.15, 0.2) is 12.4 Å². The molecular weight excluding hydrogens is 137 g/mol. The minimum atomic E-state index is 0.821. The first-order valence-electron chi connectivity index (χ1n) is 3.63. The first-order valence-corrected chi connectivity index (χ1v) is 3.63. The lowest BCUT2D eigenvalue weighted by atomic mass is 10.3. The molecule has 0 unspecified atom stereocenters. The summed E-state index contributed by atoms with van der Waals surface area (Å²) in [4.78, 5) is 1.65. The van der Waals surface area contributed by atoms with Gasteiger partial charge in [0.2, 0.25) is 0 Å². The number of hydrogen-bond donors (Lipinski definition) is 0. The van der Waals surface area contributed by atoms with Gasteiger partial charge >= 0.3 is 0 Å². The molecule has 1 heterocycles. The Hall–Kier alpha value is -0.765. The number of aryl methyl sites for hydroxylation is 1. The second-order valence-corrected chi connectivity index (χ2v) is 2.76. The molecule has 1 aromatic heterocycles. The van der Waals surface area contributed by atoms with Crippen molar-refractivity contribution in [2.75, 3.05) is 13.6 Å². The summed E-state index contributed by atoms with van der Waals surface area (Å²) in [6.45, 7) is 3.69. The average molecular weight is 149 g/mol. The molecule has 0 atom stereocenters. The molecule has 1 aromatic rings. The van der Waals surface area contributed by atoms with E-state index in [9.17, 15) is 0 Å². The Kier molecular flexibility index (Phi) is 2.71. The van der Waals surface area contributed by atoms with Crippen LogP contribution in [0, 0.1) is 6.92 Å². The van der Waals surface area contributed by atoms with Crippen LogP contribution in [0.3, 0.4) is 0 Å². The van der Waals surface area contributed by atoms with E-state index in [1.54, 1.807) is 4.81 Å². The van der Waals surface area contributed by atoms with E-state index in [0.717, 1.165) is 13.1 Å². The maximum absolute atomic E-state index is 5.44. The van der Waals surface area contributed by atoms with E-state index in [1.807, 2.05) is 31.0 Å². The Morgan fingerprint density at radius 2 is 2.45 bits per heavy atom. The van der Waals surface area contributed by atoms with Gasteiger partial charge in [-0.15, -0.1) is 0 Å². The molecule has 0 aromatic carbocycles. The van der Waals surface area contributed by atoms with Crippen molar-refractivity contribution in [3.8, 4) is 0 Å². The molecule has 0 spiro atoms. The summed E-state index contributed by atoms with van der Waals surface area (Å²) in [7, 11) is 7.28. The van der Waals surface area contributed by atoms with E-state index in [1.165, 1.54) is 5.56 Å². The summed E-state index contributed by atoms with van der Waals surface area (Å²) in [5.74, 6) is 0. The topological polar surface area (TPSA) is 21.1 Å². The molecule has 3 nitrogen and oxygen atoms in total. The number of aromatic nitrogens is 2. The zero-order chi connectivity index (χ0) is 8.27. The van der Waals surface area contributed by atoms with Crippen molar-refractivity contribution >= 4 is 7.98 Å². The number of rotatable bonds is 3. The van der Waals surface area contributed by atoms with Crippen molar-refractivity contribution in [2.45, 2.75) is 13.5 Å². The normalized spacial score (nSPS) is 10.8. The lowest BCUT2D eigenvalue weighted by Crippen LogP contribution is -2.20. The second-order valence-electron chi connectivity index (χ2n) is 2.76. The zero-order valence-electron chi connectivity index (χ0n) is 6.99. The molecule has 0 amide bonds. The molecule has 0 saturated carbocycles. The zero-order valence-corrected chi connectivity index (χ0v) is 6.99. The second kappa shape index (κ2) is 3.58. The quantitative estimate of drug-likeness (QED) is 0.572. The predicted octanol–water partition coefficient (Wildman–Crippen LogP) is 0.207. The fourth-order valence-electron chi connectivity index (χ4n) is 0.849. The highest BCUT2D eigenvalue weighted by Crippen LogP contribution is 1.93. The fraction of sp³-hybridized carbons (Fsp3) is 0.571. The highest BCUT2D eigenvalue weighted by Gasteiger charge is 1.93. The Balaban J connectivity index is 2.39. The first-order chi connectivity index (χ1) is 5.18. The number of nitrogens with zero attached hydrogens (tertiary/aromatic N) is 3. The smallest absolute Gasteiger partial charge is 0.182 e. The van der Waals surface area contributed by atoms with Crippen LogP contribution in [0.2, 0.25) is 0 Å². The van der Waals surface area contributed by atoms with Gasteiger partial charge in [0.05, 0.1) is 12.7 Å². The van der Waals surface area contributed by atoms with Gasteiger partial charge in [0.1, 0.15) is 0 Å². The van der Waals surface area contributed by atoms with Crippen LogP contribution < -0.4 is 0 Å². The average Bonchev–Trinajstić information content (AvgIpc) is 2.31. The number of hydrogen-bond acceptors (Lipinski definition) is 2. The summed E-state index contributed by atoms with van der Waals surface area (Å²) in [5.41, 5.74) is 1.18. The van der Waals surface area contributed by atoms with Crippen molar-refractivity contribution in [3.63, 3.8) is 0 Å². The largest absolute Gasteiger partial charge is 0.355 e. The van der Waals surface area contributed by atoms with Gasteiger partial charge < -0.3 is 4.81 Å². The first kappa shape index (κ1) is 8.33. The summed E-state index contributed by atoms with van der Waals surface area (Å²) in [6, 6.07) is 0. The molecule has 4 heteroatoms. The van der Waals surface area contributed by atoms with Gasteiger partial charge in [0.25, 0.3) is 0 Å². The molecule has 0 aliphatic carbocycles. The molecule has 2 radical (unpaired) electrons. The molecule has 0 bridgehead atoms. The van der Waals surface area contributed by atoms with E-state index >= 15 is 0 Å². The van der Waals surface area contributed by atoms with Crippen molar-refractivity contribution in [3.05, 3.63) is 18.0 Å². The third-order valence-corrected chi connectivity index (χ3v) is 1.44. The van der Waals surface area contributed by atoms with Crippen LogP contribution in [0.5, 0.6) is 0 Å². The Morgan fingerprint density at radius 1 is 1.73 bits per heavy atom. The summed E-state index contributed by atoms with van der Waals surface area (Å²) >= 11 is 0. The van der Waals surface area contributed by atoms with Gasteiger partial charge in [-0.25, -0.2) is 0 Å². The predicted molar refractivity (Wildman–Crippen MR) is 45.3 cm³/mol. The van der Waals surface area contributed by atoms with E-state index in [2.05, 4.69) is 5.10 Å². The van der Waals surface area contributed by atoms with Crippen LogP contribution >= 0.6 is 0 Å². The van der Waals surface area contributed by atoms with E-state index in [-0.39, 0.29) is 0 Å². The Morgan fingerprint density at radius 3 is 2.91 bits per heavy atom. The van der Waals surface area contributed by atoms with Crippen LogP contribution in [-0.4, -0.2) is 36.2 Å². The Bertz CT molecular complexity index is 219. The molecule has 58 valence electrons. The molecule has 0 aliphatic heterocycles. The van der Waals surface area contributed by atoms with Crippen LogP contribution in [0.4, 0.5) is 0 Å². The van der Waals surface area contributed by atoms with E-state index in [0.29, 0.717) is 0 Å². The molecule has 0 fully saturated rings. The van der Waals surface area contributed by atoms with Crippen molar-refractivity contribution in [1.29, 1.82) is 0 Å². The molecular formula is C7H12BN3. The van der Waals surface area contributed by atoms with Gasteiger partial charge in [-0.05, 0) is 19.5 Å². The van der Waals surface area contributed by atoms with Gasteiger partial charge in [0, 0.05) is 12.7 Å². The van der Waals surface area contributed by atoms with Crippen LogP contribution in [0.25, 0.3) is 0 Å². The van der Waals surface area contributed by atoms with Gasteiger partial charge in [-0.1, -0.05) is 0 Å². The van der Waals surface area contributed by atoms with E-state index in [4.69, 9.17) is 7.98 Å². The highest BCUT2D eigenvalue weighted by molar-refractivity contribution is 6.04. The highest BCUT2D eigenvalue weighted by atomic mass is 15.3. The number of likely N-dealkylation sites (N-methyl/N-ethyl adjacent to an activating group) is 1. The molecule has 0 saturated heterocycles. The third-order valence-electron chi connectivity index (χ3n) is 1.44. The van der Waals surface area contributed by atoms with Crippen molar-refractivity contribution < 1.29 is 0 Å². The lowest BCUT2D eigenvalue weighted by Gasteiger charge is -2.08. The molecule has 0 aliphatic rings. The minimum absolute atomic E-state index is 0.821. The van der Waals surface area contributed by atoms with Gasteiger partial charge in [-0.3, -0.25) is 4.68 Å². The molecule has 11 heavy (non-hydrogen) atoms. The minimum Gasteiger partial charge on any atom is -0.355 e. The SMILES string of the molecule is [B]N(C)CCn1cc(C)cn1. The summed E-state index contributed by atoms with van der Waals surface area (Å²) < 4.78 is 1.89. The third kappa shape index (κ3) is 2.76. The van der Waals surface area contributed by atoms with Crippen molar-refractivity contribution in [1.82, 2.24) is 14.6 Å². The van der Waals surface area contributed by atoms with Crippen molar-refractivity contribution in [2.24, 2.45) is 0 Å². The molecule has 0 N–H and O–H groups in total. The van der Waals surface area contributed by atoms with E-state index < -0.39 is 0 Å². The Labute approximate surface area is 68.4 Å². The fourth-order valence-corrected chi connectivity index (χ4v) is 0.849. The lowest BCUT2D eigenvalue weighted by molar-refractivity contribution is 0.470. The standard InChI is InChI=1S/C7H12BN3/c1-7-5-9-11(6-7)4-3-10(2)8/h5-6H,3-4H2,1-2H3. The van der Waals surface area contributed by atoms with Crippen LogP contribution in [0.1, 0.15) is 5.56 Å². The maximum Gasteiger partial charge on any atom is 0.182 e. The van der Waals surface area contributed by atoms with Gasteiger partial charge in [0.15, 0.2) is 7.98 Å². The molecule has 1 rings (SSSR count). The van der Waals surface area contributed by atoms with Crippen LogP contribution in [-0.2, 0) is 6.54 Å². The maximum atomic E-state index is 5.44. The van der Waals surface area contributed by atoms with Gasteiger partial charge in [-0.2, -0.15) is 5.10 Å². The monoisotopic (exact) mass is 149 g/mol. The summed E-state index contributed by atoms with van der Waals surface area (Å²) in [5, 5.41) is 4.12.